The van der Waals surface area contributed by atoms with Crippen LogP contribution in [0, 0.1) is 11.6 Å². The normalized spacial score (nSPS) is 10.2. The third-order valence-electron chi connectivity index (χ3n) is 2.46. The molecule has 0 unspecified atom stereocenters. The zero-order valence-corrected chi connectivity index (χ0v) is 10.4. The summed E-state index contributed by atoms with van der Waals surface area (Å²) in [6, 6.07) is 4.33. The van der Waals surface area contributed by atoms with Crippen LogP contribution < -0.4 is 10.5 Å². The average molecular weight is 280 g/mol. The fourth-order valence-electron chi connectivity index (χ4n) is 1.48. The number of hydrogen-bond donors (Lipinski definition) is 1. The number of hydrogen-bond acceptors (Lipinski definition) is 5. The van der Waals surface area contributed by atoms with E-state index in [9.17, 15) is 13.6 Å². The molecular formula is C13H10F2N2O3. The van der Waals surface area contributed by atoms with Gasteiger partial charge in [-0.2, -0.15) is 0 Å². The van der Waals surface area contributed by atoms with Crippen LogP contribution in [0.2, 0.25) is 0 Å². The number of nitrogens with zero attached hydrogens (tertiary/aromatic N) is 1. The van der Waals surface area contributed by atoms with E-state index in [1.165, 1.54) is 25.4 Å². The fourth-order valence-corrected chi connectivity index (χ4v) is 1.48. The van der Waals surface area contributed by atoms with E-state index in [-0.39, 0.29) is 22.9 Å². The summed E-state index contributed by atoms with van der Waals surface area (Å²) in [4.78, 5) is 15.3. The molecule has 0 saturated carbocycles. The van der Waals surface area contributed by atoms with Gasteiger partial charge in [-0.25, -0.2) is 18.6 Å². The molecule has 2 N–H and O–H groups in total. The molecule has 2 aromatic rings. The third kappa shape index (κ3) is 2.66. The molecule has 0 aliphatic carbocycles. The van der Waals surface area contributed by atoms with Crippen molar-refractivity contribution >= 4 is 11.7 Å². The number of carbonyl (C=O) groups excluding carboxylic acids is 1. The lowest BCUT2D eigenvalue weighted by atomic mass is 10.2. The smallest absolute Gasteiger partial charge is 0.340 e. The molecule has 1 aromatic heterocycles. The van der Waals surface area contributed by atoms with Crippen molar-refractivity contribution in [3.63, 3.8) is 0 Å². The van der Waals surface area contributed by atoms with Crippen molar-refractivity contribution in [2.45, 2.75) is 0 Å². The van der Waals surface area contributed by atoms with Gasteiger partial charge in [0.1, 0.15) is 11.4 Å². The Kier molecular flexibility index (Phi) is 3.79. The van der Waals surface area contributed by atoms with Crippen molar-refractivity contribution < 1.29 is 23.0 Å². The number of anilines is 1. The summed E-state index contributed by atoms with van der Waals surface area (Å²) in [6.45, 7) is 0. The van der Waals surface area contributed by atoms with Gasteiger partial charge in [-0.1, -0.05) is 0 Å². The van der Waals surface area contributed by atoms with Crippen molar-refractivity contribution in [1.29, 1.82) is 0 Å². The lowest BCUT2D eigenvalue weighted by Gasteiger charge is -2.09. The second kappa shape index (κ2) is 5.52. The van der Waals surface area contributed by atoms with Crippen molar-refractivity contribution in [1.82, 2.24) is 4.98 Å². The van der Waals surface area contributed by atoms with Crippen molar-refractivity contribution in [2.24, 2.45) is 0 Å². The van der Waals surface area contributed by atoms with Crippen LogP contribution in [0.15, 0.2) is 30.5 Å². The number of nitrogen functional groups attached to an aromatic ring is 1. The molecule has 20 heavy (non-hydrogen) atoms. The summed E-state index contributed by atoms with van der Waals surface area (Å²) < 4.78 is 35.6. The quantitative estimate of drug-likeness (QED) is 0.874. The lowest BCUT2D eigenvalue weighted by molar-refractivity contribution is 0.0601. The van der Waals surface area contributed by atoms with Crippen LogP contribution in [0.25, 0.3) is 0 Å². The Labute approximate surface area is 112 Å². The van der Waals surface area contributed by atoms with Crippen LogP contribution in [0.1, 0.15) is 10.4 Å². The number of carbonyl (C=O) groups is 1. The highest BCUT2D eigenvalue weighted by atomic mass is 19.2. The molecule has 104 valence electrons. The Morgan fingerprint density at radius 1 is 1.25 bits per heavy atom. The van der Waals surface area contributed by atoms with E-state index in [1.807, 2.05) is 0 Å². The summed E-state index contributed by atoms with van der Waals surface area (Å²) >= 11 is 0. The number of halogens is 2. The molecular weight excluding hydrogens is 270 g/mol. The van der Waals surface area contributed by atoms with Gasteiger partial charge in [-0.05, 0) is 18.2 Å². The third-order valence-corrected chi connectivity index (χ3v) is 2.46. The van der Waals surface area contributed by atoms with Crippen LogP contribution in [0.5, 0.6) is 11.6 Å². The Morgan fingerprint density at radius 3 is 2.65 bits per heavy atom. The maximum absolute atomic E-state index is 13.1. The molecule has 0 saturated heterocycles. The van der Waals surface area contributed by atoms with E-state index >= 15 is 0 Å². The van der Waals surface area contributed by atoms with Gasteiger partial charge in [-0.3, -0.25) is 0 Å². The maximum atomic E-state index is 13.1. The summed E-state index contributed by atoms with van der Waals surface area (Å²) in [5, 5.41) is 0. The molecule has 0 amide bonds. The summed E-state index contributed by atoms with van der Waals surface area (Å²) in [7, 11) is 1.21. The Hall–Kier alpha value is -2.70. The summed E-state index contributed by atoms with van der Waals surface area (Å²) in [6.07, 6.45) is 1.29. The standard InChI is InChI=1S/C13H10F2N2O3/c1-19-13(18)8-4-5-17-12(11(8)16)20-7-2-3-9(14)10(15)6-7/h2-6H,16H2,1H3. The van der Waals surface area contributed by atoms with Gasteiger partial charge >= 0.3 is 5.97 Å². The number of pyridine rings is 1. The number of aromatic nitrogens is 1. The first kappa shape index (κ1) is 13.7. The molecule has 0 fully saturated rings. The number of rotatable bonds is 3. The van der Waals surface area contributed by atoms with E-state index < -0.39 is 17.6 Å². The predicted octanol–water partition coefficient (Wildman–Crippen LogP) is 2.52. The van der Waals surface area contributed by atoms with Gasteiger partial charge in [0.25, 0.3) is 0 Å². The zero-order chi connectivity index (χ0) is 14.7. The Morgan fingerprint density at radius 2 is 2.00 bits per heavy atom. The van der Waals surface area contributed by atoms with Gasteiger partial charge in [0.05, 0.1) is 12.7 Å². The molecule has 2 rings (SSSR count). The van der Waals surface area contributed by atoms with E-state index in [4.69, 9.17) is 10.5 Å². The van der Waals surface area contributed by atoms with Gasteiger partial charge in [0.2, 0.25) is 5.88 Å². The number of benzene rings is 1. The van der Waals surface area contributed by atoms with Crippen LogP contribution in [-0.4, -0.2) is 18.1 Å². The Balaban J connectivity index is 2.34. The van der Waals surface area contributed by atoms with Crippen molar-refractivity contribution in [2.75, 3.05) is 12.8 Å². The highest BCUT2D eigenvalue weighted by Gasteiger charge is 2.15. The molecule has 1 heterocycles. The second-order valence-corrected chi connectivity index (χ2v) is 3.75. The summed E-state index contributed by atoms with van der Waals surface area (Å²) in [5.74, 6) is -2.81. The lowest BCUT2D eigenvalue weighted by Crippen LogP contribution is -2.07. The van der Waals surface area contributed by atoms with Crippen LogP contribution >= 0.6 is 0 Å². The molecule has 1 aromatic carbocycles. The number of ether oxygens (including phenoxy) is 2. The molecule has 0 radical (unpaired) electrons. The van der Waals surface area contributed by atoms with E-state index in [0.717, 1.165) is 12.1 Å². The SMILES string of the molecule is COC(=O)c1ccnc(Oc2ccc(F)c(F)c2)c1N. The van der Waals surface area contributed by atoms with Gasteiger partial charge in [0, 0.05) is 12.3 Å². The molecule has 5 nitrogen and oxygen atoms in total. The first-order chi connectivity index (χ1) is 9.52. The largest absolute Gasteiger partial charge is 0.465 e. The number of nitrogens with two attached hydrogens (primary N) is 1. The van der Waals surface area contributed by atoms with Crippen LogP contribution in [-0.2, 0) is 4.74 Å². The molecule has 0 aliphatic rings. The van der Waals surface area contributed by atoms with E-state index in [2.05, 4.69) is 9.72 Å². The Bertz CT molecular complexity index is 662. The molecule has 0 spiro atoms. The van der Waals surface area contributed by atoms with Crippen molar-refractivity contribution in [3.05, 3.63) is 47.7 Å². The average Bonchev–Trinajstić information content (AvgIpc) is 2.44. The predicted molar refractivity (Wildman–Crippen MR) is 66.4 cm³/mol. The number of esters is 1. The highest BCUT2D eigenvalue weighted by Crippen LogP contribution is 2.28. The molecule has 0 aliphatic heterocycles. The minimum absolute atomic E-state index is 0.00474. The van der Waals surface area contributed by atoms with E-state index in [1.54, 1.807) is 0 Å². The molecule has 0 atom stereocenters. The van der Waals surface area contributed by atoms with E-state index in [0.29, 0.717) is 0 Å². The summed E-state index contributed by atoms with van der Waals surface area (Å²) in [5.41, 5.74) is 5.74. The minimum Gasteiger partial charge on any atom is -0.465 e. The number of methoxy groups -OCH3 is 1. The minimum atomic E-state index is -1.06. The first-order valence-electron chi connectivity index (χ1n) is 5.48. The molecule has 7 heteroatoms. The first-order valence-corrected chi connectivity index (χ1v) is 5.48. The maximum Gasteiger partial charge on any atom is 0.340 e. The fraction of sp³-hybridized carbons (Fsp3) is 0.0769. The van der Waals surface area contributed by atoms with Gasteiger partial charge < -0.3 is 15.2 Å². The topological polar surface area (TPSA) is 74.4 Å². The van der Waals surface area contributed by atoms with Gasteiger partial charge in [-0.15, -0.1) is 0 Å². The van der Waals surface area contributed by atoms with Crippen molar-refractivity contribution in [3.8, 4) is 11.6 Å². The highest BCUT2D eigenvalue weighted by molar-refractivity contribution is 5.96. The van der Waals surface area contributed by atoms with Crippen LogP contribution in [0.3, 0.4) is 0 Å². The monoisotopic (exact) mass is 280 g/mol. The second-order valence-electron chi connectivity index (χ2n) is 3.75. The molecule has 0 bridgehead atoms. The van der Waals surface area contributed by atoms with Crippen LogP contribution in [0.4, 0.5) is 14.5 Å². The zero-order valence-electron chi connectivity index (χ0n) is 10.4. The van der Waals surface area contributed by atoms with Gasteiger partial charge in [0.15, 0.2) is 11.6 Å².